The van der Waals surface area contributed by atoms with Crippen molar-refractivity contribution >= 4 is 35.3 Å². The van der Waals surface area contributed by atoms with Crippen LogP contribution in [0.1, 0.15) is 49.3 Å². The van der Waals surface area contributed by atoms with E-state index in [2.05, 4.69) is 0 Å². The van der Waals surface area contributed by atoms with Gasteiger partial charge in [0.25, 0.3) is 5.91 Å². The van der Waals surface area contributed by atoms with Crippen molar-refractivity contribution < 1.29 is 49.4 Å². The maximum Gasteiger partial charge on any atom is 0.330 e. The molecule has 1 fully saturated rings. The Balaban J connectivity index is 1.89. The Labute approximate surface area is 236 Å². The van der Waals surface area contributed by atoms with Gasteiger partial charge in [0.2, 0.25) is 5.78 Å². The Bertz CT molecular complexity index is 1420. The average Bonchev–Trinajstić information content (AvgIpc) is 2.90. The number of hydrogen-bond acceptors (Lipinski definition) is 11. The number of unbranched alkanes of at least 4 members (excludes halogenated alkanes) is 1. The number of ether oxygens (including phenoxy) is 1. The minimum Gasteiger partial charge on any atom is -0.508 e. The predicted molar refractivity (Wildman–Crippen MR) is 145 cm³/mol. The summed E-state index contributed by atoms with van der Waals surface area (Å²) < 4.78 is 5.07. The number of phenols is 1. The van der Waals surface area contributed by atoms with E-state index in [-0.39, 0.29) is 17.7 Å². The monoisotopic (exact) mass is 570 g/mol. The molecule has 1 saturated carbocycles. The number of fused-ring (bicyclic) bond motifs is 3. The smallest absolute Gasteiger partial charge is 0.330 e. The summed E-state index contributed by atoms with van der Waals surface area (Å²) in [5.41, 5.74) is 1.17. The Morgan fingerprint density at radius 2 is 1.83 bits per heavy atom. The second-order valence-corrected chi connectivity index (χ2v) is 10.9. The Morgan fingerprint density at radius 3 is 2.41 bits per heavy atom. The number of primary amides is 1. The van der Waals surface area contributed by atoms with Crippen molar-refractivity contribution in [1.82, 2.24) is 4.90 Å². The van der Waals surface area contributed by atoms with E-state index in [0.29, 0.717) is 12.0 Å². The lowest BCUT2D eigenvalue weighted by molar-refractivity contribution is -0.169. The maximum atomic E-state index is 14.0. The van der Waals surface area contributed by atoms with Crippen LogP contribution in [-0.4, -0.2) is 92.3 Å². The highest BCUT2D eigenvalue weighted by atomic mass is 16.5. The van der Waals surface area contributed by atoms with Crippen LogP contribution in [0.4, 0.5) is 0 Å². The molecule has 7 N–H and O–H groups in total. The van der Waals surface area contributed by atoms with Gasteiger partial charge in [-0.25, -0.2) is 4.79 Å². The van der Waals surface area contributed by atoms with Gasteiger partial charge in [-0.05, 0) is 38.1 Å². The van der Waals surface area contributed by atoms with Gasteiger partial charge >= 0.3 is 5.97 Å². The SMILES string of the molecule is CCCCOC(=O)/C=C/c1ccc2c(c1O)C(O)=C1C(=O)[C@]3(O)C(O)=C(C(N)=O)C(=O)C(N(C)C)[C@@H]3[C@@H](O)[C@@H]1[C@H]2C. The molecule has 3 aliphatic rings. The van der Waals surface area contributed by atoms with Crippen molar-refractivity contribution in [2.45, 2.75) is 50.4 Å². The van der Waals surface area contributed by atoms with Gasteiger partial charge in [0.15, 0.2) is 11.4 Å². The number of amides is 1. The molecule has 0 aromatic heterocycles. The van der Waals surface area contributed by atoms with Crippen LogP contribution in [0, 0.1) is 11.8 Å². The number of nitrogens with zero attached hydrogens (tertiary/aromatic N) is 1. The Hall–Kier alpha value is -4.00. The zero-order chi connectivity index (χ0) is 30.5. The molecule has 0 bridgehead atoms. The molecule has 1 amide bonds. The summed E-state index contributed by atoms with van der Waals surface area (Å²) in [6, 6.07) is 1.63. The van der Waals surface area contributed by atoms with E-state index in [1.165, 1.54) is 31.1 Å². The van der Waals surface area contributed by atoms with E-state index < -0.39 is 87.4 Å². The topological polar surface area (TPSA) is 208 Å². The molecule has 12 heteroatoms. The average molecular weight is 571 g/mol. The number of hydrogen-bond donors (Lipinski definition) is 6. The quantitative estimate of drug-likeness (QED) is 0.117. The zero-order valence-electron chi connectivity index (χ0n) is 23.1. The molecule has 4 rings (SSSR count). The first kappa shape index (κ1) is 30.0. The first-order chi connectivity index (χ1) is 19.2. The van der Waals surface area contributed by atoms with Crippen molar-refractivity contribution in [3.63, 3.8) is 0 Å². The van der Waals surface area contributed by atoms with Crippen LogP contribution in [0.2, 0.25) is 0 Å². The number of ketones is 2. The first-order valence-electron chi connectivity index (χ1n) is 13.2. The third kappa shape index (κ3) is 4.42. The Kier molecular flexibility index (Phi) is 7.87. The summed E-state index contributed by atoms with van der Waals surface area (Å²) in [6.45, 7) is 3.81. The largest absolute Gasteiger partial charge is 0.508 e. The van der Waals surface area contributed by atoms with Crippen molar-refractivity contribution in [2.75, 3.05) is 20.7 Å². The van der Waals surface area contributed by atoms with Crippen molar-refractivity contribution in [3.8, 4) is 5.75 Å². The molecule has 0 heterocycles. The minimum absolute atomic E-state index is 0.115. The molecule has 0 spiro atoms. The van der Waals surface area contributed by atoms with Gasteiger partial charge in [0.05, 0.1) is 30.2 Å². The van der Waals surface area contributed by atoms with E-state index in [4.69, 9.17) is 10.5 Å². The number of aromatic hydroxyl groups is 1. The molecule has 12 nitrogen and oxygen atoms in total. The predicted octanol–water partition coefficient (Wildman–Crippen LogP) is 0.852. The van der Waals surface area contributed by atoms with E-state index in [1.54, 1.807) is 13.0 Å². The summed E-state index contributed by atoms with van der Waals surface area (Å²) in [5, 5.41) is 56.8. The number of nitrogens with two attached hydrogens (primary N) is 1. The number of phenolic OH excluding ortho intramolecular Hbond substituents is 1. The fourth-order valence-electron chi connectivity index (χ4n) is 6.29. The second-order valence-electron chi connectivity index (χ2n) is 10.9. The van der Waals surface area contributed by atoms with Crippen LogP contribution in [0.3, 0.4) is 0 Å². The number of aliphatic hydroxyl groups is 4. The summed E-state index contributed by atoms with van der Waals surface area (Å²) >= 11 is 0. The first-order valence-corrected chi connectivity index (χ1v) is 13.2. The van der Waals surface area contributed by atoms with Crippen LogP contribution < -0.4 is 5.73 Å². The molecule has 1 aromatic rings. The van der Waals surface area contributed by atoms with Gasteiger partial charge in [0.1, 0.15) is 22.8 Å². The maximum absolute atomic E-state index is 14.0. The van der Waals surface area contributed by atoms with Gasteiger partial charge in [-0.2, -0.15) is 0 Å². The highest BCUT2D eigenvalue weighted by Gasteiger charge is 2.68. The highest BCUT2D eigenvalue weighted by Crippen LogP contribution is 2.56. The lowest BCUT2D eigenvalue weighted by Gasteiger charge is -2.53. The number of esters is 1. The minimum atomic E-state index is -2.99. The van der Waals surface area contributed by atoms with E-state index in [1.807, 2.05) is 6.92 Å². The molecular formula is C29H34N2O10. The standard InChI is InChI=1S/C29H34N2O10/c1-5-6-11-41-15(32)10-8-13-7-9-14-12(2)16-18(23(34)17(14)22(13)33)26(37)29(40)20(24(16)35)21(31(3)4)25(36)19(27(29)38)28(30)39/h7-10,12,16,20-21,24,33-35,38,40H,5-6,11H2,1-4H3,(H2,30,39)/b10-8+/t12-,16+,20+,21?,24-,29-/m0/s1. The lowest BCUT2D eigenvalue weighted by atomic mass is 9.54. The number of rotatable bonds is 7. The van der Waals surface area contributed by atoms with Crippen LogP contribution in [0.5, 0.6) is 5.75 Å². The molecule has 1 aromatic carbocycles. The van der Waals surface area contributed by atoms with Gasteiger partial charge in [-0.15, -0.1) is 0 Å². The molecule has 41 heavy (non-hydrogen) atoms. The van der Waals surface area contributed by atoms with Crippen LogP contribution in [0.15, 0.2) is 35.1 Å². The summed E-state index contributed by atoms with van der Waals surface area (Å²) in [7, 11) is 2.88. The highest BCUT2D eigenvalue weighted by molar-refractivity contribution is 6.24. The molecule has 3 aliphatic carbocycles. The lowest BCUT2D eigenvalue weighted by Crippen LogP contribution is -2.70. The molecular weight excluding hydrogens is 536 g/mol. The number of carbonyl (C=O) groups excluding carboxylic acids is 4. The Morgan fingerprint density at radius 1 is 1.17 bits per heavy atom. The fourth-order valence-corrected chi connectivity index (χ4v) is 6.29. The van der Waals surface area contributed by atoms with Gasteiger partial charge in [-0.1, -0.05) is 32.4 Å². The van der Waals surface area contributed by atoms with Crippen molar-refractivity contribution in [3.05, 3.63) is 51.8 Å². The van der Waals surface area contributed by atoms with Crippen molar-refractivity contribution in [2.24, 2.45) is 17.6 Å². The van der Waals surface area contributed by atoms with E-state index in [0.717, 1.165) is 12.5 Å². The normalized spacial score (nSPS) is 29.5. The number of aliphatic hydroxyl groups excluding tert-OH is 3. The van der Waals surface area contributed by atoms with Gasteiger partial charge in [-0.3, -0.25) is 19.3 Å². The summed E-state index contributed by atoms with van der Waals surface area (Å²) in [5.74, 6) is -10.3. The third-order valence-corrected chi connectivity index (χ3v) is 8.30. The van der Waals surface area contributed by atoms with Crippen LogP contribution >= 0.6 is 0 Å². The number of benzene rings is 1. The summed E-state index contributed by atoms with van der Waals surface area (Å²) in [6.07, 6.45) is 2.23. The number of Topliss-reactive ketones (excluding diaryl/α,β-unsaturated/α-hetero) is 2. The number of likely N-dealkylation sites (N-methyl/N-ethyl adjacent to an activating group) is 1. The molecule has 0 radical (unpaired) electrons. The molecule has 0 saturated heterocycles. The zero-order valence-corrected chi connectivity index (χ0v) is 23.1. The van der Waals surface area contributed by atoms with Crippen LogP contribution in [-0.2, 0) is 23.9 Å². The molecule has 220 valence electrons. The van der Waals surface area contributed by atoms with Crippen molar-refractivity contribution in [1.29, 1.82) is 0 Å². The third-order valence-electron chi connectivity index (χ3n) is 8.30. The van der Waals surface area contributed by atoms with Crippen LogP contribution in [0.25, 0.3) is 11.8 Å². The number of carbonyl (C=O) groups is 4. The fraction of sp³-hybridized carbons (Fsp3) is 0.448. The van der Waals surface area contributed by atoms with Gasteiger partial charge < -0.3 is 36.0 Å². The van der Waals surface area contributed by atoms with Gasteiger partial charge in [0, 0.05) is 23.1 Å². The molecule has 6 atom stereocenters. The summed E-state index contributed by atoms with van der Waals surface area (Å²) in [4.78, 5) is 52.6. The van der Waals surface area contributed by atoms with E-state index in [9.17, 15) is 44.7 Å². The second kappa shape index (κ2) is 10.8. The van der Waals surface area contributed by atoms with E-state index >= 15 is 0 Å². The molecule has 1 unspecified atom stereocenters. The molecule has 0 aliphatic heterocycles.